The molecule has 0 saturated heterocycles. The van der Waals surface area contributed by atoms with Crippen molar-refractivity contribution >= 4 is 10.8 Å². The highest BCUT2D eigenvalue weighted by Crippen LogP contribution is 2.29. The molecule has 7 heteroatoms. The molecule has 122 valence electrons. The van der Waals surface area contributed by atoms with Crippen LogP contribution in [0.3, 0.4) is 0 Å². The lowest BCUT2D eigenvalue weighted by atomic mass is 10.1. The lowest BCUT2D eigenvalue weighted by molar-refractivity contribution is 0.427. The molecule has 0 spiro atoms. The van der Waals surface area contributed by atoms with Crippen LogP contribution < -0.4 is 11.2 Å². The zero-order chi connectivity index (χ0) is 16.8. The maximum atomic E-state index is 14.3. The summed E-state index contributed by atoms with van der Waals surface area (Å²) >= 11 is 0. The van der Waals surface area contributed by atoms with Crippen LogP contribution in [0.15, 0.2) is 40.2 Å². The van der Waals surface area contributed by atoms with Crippen molar-refractivity contribution in [2.75, 3.05) is 6.67 Å². The maximum absolute atomic E-state index is 14.3. The molecule has 1 aliphatic rings. The minimum Gasteiger partial charge on any atom is -0.310 e. The Hall–Kier alpha value is -2.83. The molecular weight excluding hydrogens is 316 g/mol. The summed E-state index contributed by atoms with van der Waals surface area (Å²) in [4.78, 5) is 31.9. The summed E-state index contributed by atoms with van der Waals surface area (Å²) in [6, 6.07) is 4.42. The van der Waals surface area contributed by atoms with Crippen LogP contribution in [0.1, 0.15) is 23.6 Å². The highest BCUT2D eigenvalue weighted by atomic mass is 19.1. The monoisotopic (exact) mass is 329 g/mol. The second-order valence-corrected chi connectivity index (χ2v) is 5.85. The molecule has 1 aliphatic carbocycles. The topological polar surface area (TPSA) is 67.8 Å². The van der Waals surface area contributed by atoms with Crippen molar-refractivity contribution in [1.29, 1.82) is 0 Å². The van der Waals surface area contributed by atoms with Crippen LogP contribution >= 0.6 is 0 Å². The molecule has 0 saturated carbocycles. The van der Waals surface area contributed by atoms with Gasteiger partial charge in [-0.25, -0.2) is 13.8 Å². The fourth-order valence-corrected chi connectivity index (χ4v) is 3.39. The number of alkyl halides is 1. The van der Waals surface area contributed by atoms with Crippen LogP contribution in [0, 0.1) is 5.82 Å². The summed E-state index contributed by atoms with van der Waals surface area (Å²) in [6.07, 6.45) is 3.66. The molecule has 2 heterocycles. The number of hydrogen-bond donors (Lipinski definition) is 1. The summed E-state index contributed by atoms with van der Waals surface area (Å²) in [6.45, 7) is -0.670. The van der Waals surface area contributed by atoms with E-state index in [1.807, 2.05) is 0 Å². The van der Waals surface area contributed by atoms with Crippen LogP contribution in [-0.2, 0) is 6.42 Å². The number of H-pyrrole nitrogens is 1. The molecule has 1 N–H and O–H groups in total. The molecule has 5 nitrogen and oxygen atoms in total. The van der Waals surface area contributed by atoms with Gasteiger partial charge in [0.1, 0.15) is 5.82 Å². The number of nitrogens with zero attached hydrogens (tertiary/aromatic N) is 2. The molecule has 0 amide bonds. The SMILES string of the molecule is O=c1[nH]c2c(c(=O)n1-c1cncc3cccc(F)c13)C(CF)CC2. The van der Waals surface area contributed by atoms with Crippen molar-refractivity contribution in [2.24, 2.45) is 0 Å². The van der Waals surface area contributed by atoms with E-state index >= 15 is 0 Å². The highest BCUT2D eigenvalue weighted by molar-refractivity contribution is 5.89. The molecular formula is C17H13F2N3O2. The molecule has 2 aromatic heterocycles. The van der Waals surface area contributed by atoms with Crippen LogP contribution in [0.25, 0.3) is 16.5 Å². The molecule has 0 aliphatic heterocycles. The molecule has 1 aromatic carbocycles. The number of halogens is 2. The van der Waals surface area contributed by atoms with Gasteiger partial charge in [-0.2, -0.15) is 0 Å². The van der Waals surface area contributed by atoms with Gasteiger partial charge in [0, 0.05) is 34.1 Å². The summed E-state index contributed by atoms with van der Waals surface area (Å²) in [5.41, 5.74) is -0.477. The number of benzene rings is 1. The second-order valence-electron chi connectivity index (χ2n) is 5.85. The zero-order valence-corrected chi connectivity index (χ0v) is 12.6. The van der Waals surface area contributed by atoms with E-state index in [0.29, 0.717) is 23.9 Å². The summed E-state index contributed by atoms with van der Waals surface area (Å²) in [7, 11) is 0. The smallest absolute Gasteiger partial charge is 0.310 e. The van der Waals surface area contributed by atoms with Gasteiger partial charge in [0.05, 0.1) is 18.6 Å². The van der Waals surface area contributed by atoms with Gasteiger partial charge in [-0.3, -0.25) is 14.2 Å². The number of aryl methyl sites for hydroxylation is 1. The number of aromatic amines is 1. The Morgan fingerprint density at radius 3 is 2.92 bits per heavy atom. The van der Waals surface area contributed by atoms with E-state index in [9.17, 15) is 18.4 Å². The van der Waals surface area contributed by atoms with Gasteiger partial charge in [0.2, 0.25) is 0 Å². The Bertz CT molecular complexity index is 1070. The van der Waals surface area contributed by atoms with Crippen molar-refractivity contribution in [1.82, 2.24) is 14.5 Å². The van der Waals surface area contributed by atoms with Crippen molar-refractivity contribution in [3.05, 3.63) is 68.5 Å². The average Bonchev–Trinajstić information content (AvgIpc) is 2.98. The molecule has 0 bridgehead atoms. The number of aromatic nitrogens is 3. The fraction of sp³-hybridized carbons (Fsp3) is 0.235. The van der Waals surface area contributed by atoms with Gasteiger partial charge in [-0.05, 0) is 18.9 Å². The first-order valence-electron chi connectivity index (χ1n) is 7.58. The number of nitrogens with one attached hydrogen (secondary N) is 1. The van der Waals surface area contributed by atoms with Gasteiger partial charge >= 0.3 is 5.69 Å². The van der Waals surface area contributed by atoms with Crippen LogP contribution in [0.2, 0.25) is 0 Å². The van der Waals surface area contributed by atoms with Crippen LogP contribution in [0.5, 0.6) is 0 Å². The molecule has 24 heavy (non-hydrogen) atoms. The Labute approximate surface area is 134 Å². The van der Waals surface area contributed by atoms with Gasteiger partial charge < -0.3 is 4.98 Å². The summed E-state index contributed by atoms with van der Waals surface area (Å²) in [5.74, 6) is -1.10. The average molecular weight is 329 g/mol. The van der Waals surface area contributed by atoms with Gasteiger partial charge in [-0.15, -0.1) is 0 Å². The lowest BCUT2D eigenvalue weighted by Gasteiger charge is -2.12. The normalized spacial score (nSPS) is 16.5. The van der Waals surface area contributed by atoms with Crippen molar-refractivity contribution in [2.45, 2.75) is 18.8 Å². The minimum atomic E-state index is -0.671. The van der Waals surface area contributed by atoms with Crippen molar-refractivity contribution < 1.29 is 8.78 Å². The predicted octanol–water partition coefficient (Wildman–Crippen LogP) is 2.21. The standard InChI is InChI=1S/C17H13F2N3O2/c18-6-9-4-5-12-15(9)16(23)22(17(24)21-12)13-8-20-7-10-2-1-3-11(19)14(10)13/h1-3,7-9H,4-6H2,(H,21,24). The van der Waals surface area contributed by atoms with Crippen LogP contribution in [0.4, 0.5) is 8.78 Å². The summed E-state index contributed by atoms with van der Waals surface area (Å²) < 4.78 is 28.3. The van der Waals surface area contributed by atoms with Gasteiger partial charge in [0.15, 0.2) is 0 Å². The van der Waals surface area contributed by atoms with E-state index in [4.69, 9.17) is 0 Å². The van der Waals surface area contributed by atoms with E-state index < -0.39 is 29.7 Å². The van der Waals surface area contributed by atoms with E-state index in [1.54, 1.807) is 6.07 Å². The third-order valence-electron chi connectivity index (χ3n) is 4.51. The first-order chi connectivity index (χ1) is 11.6. The molecule has 1 atom stereocenters. The van der Waals surface area contributed by atoms with Gasteiger partial charge in [0.25, 0.3) is 5.56 Å². The number of rotatable bonds is 2. The lowest BCUT2D eigenvalue weighted by Crippen LogP contribution is -2.37. The van der Waals surface area contributed by atoms with E-state index in [1.165, 1.54) is 24.5 Å². The van der Waals surface area contributed by atoms with Crippen LogP contribution in [-0.4, -0.2) is 21.2 Å². The van der Waals surface area contributed by atoms with Crippen molar-refractivity contribution in [3.8, 4) is 5.69 Å². The Morgan fingerprint density at radius 1 is 1.29 bits per heavy atom. The maximum Gasteiger partial charge on any atom is 0.333 e. The first-order valence-corrected chi connectivity index (χ1v) is 7.58. The number of fused-ring (bicyclic) bond motifs is 2. The molecule has 1 unspecified atom stereocenters. The molecule has 3 aromatic rings. The number of hydrogen-bond acceptors (Lipinski definition) is 3. The summed E-state index contributed by atoms with van der Waals surface area (Å²) in [5, 5.41) is 0.608. The Balaban J connectivity index is 2.10. The zero-order valence-electron chi connectivity index (χ0n) is 12.6. The largest absolute Gasteiger partial charge is 0.333 e. The third-order valence-corrected chi connectivity index (χ3v) is 4.51. The Kier molecular flexibility index (Phi) is 3.30. The Morgan fingerprint density at radius 2 is 2.12 bits per heavy atom. The molecule has 0 fully saturated rings. The molecule has 0 radical (unpaired) electrons. The van der Waals surface area contributed by atoms with E-state index in [2.05, 4.69) is 9.97 Å². The fourth-order valence-electron chi connectivity index (χ4n) is 3.39. The quantitative estimate of drug-likeness (QED) is 0.784. The van der Waals surface area contributed by atoms with E-state index in [-0.39, 0.29) is 16.6 Å². The van der Waals surface area contributed by atoms with Gasteiger partial charge in [-0.1, -0.05) is 12.1 Å². The van der Waals surface area contributed by atoms with Crippen molar-refractivity contribution in [3.63, 3.8) is 0 Å². The minimum absolute atomic E-state index is 0.0594. The third kappa shape index (κ3) is 2.01. The molecule has 4 rings (SSSR count). The predicted molar refractivity (Wildman–Crippen MR) is 85.0 cm³/mol. The first kappa shape index (κ1) is 14.7. The number of pyridine rings is 1. The second kappa shape index (κ2) is 5.36. The highest BCUT2D eigenvalue weighted by Gasteiger charge is 2.29. The van der Waals surface area contributed by atoms with E-state index in [0.717, 1.165) is 4.57 Å².